The van der Waals surface area contributed by atoms with E-state index in [2.05, 4.69) is 20.4 Å². The molecule has 4 rings (SSSR count). The van der Waals surface area contributed by atoms with Crippen LogP contribution in [-0.2, 0) is 11.2 Å². The Labute approximate surface area is 149 Å². The summed E-state index contributed by atoms with van der Waals surface area (Å²) in [4.78, 5) is 20.6. The van der Waals surface area contributed by atoms with Gasteiger partial charge in [-0.3, -0.25) is 9.78 Å². The molecule has 1 amide bonds. The van der Waals surface area contributed by atoms with Crippen LogP contribution < -0.4 is 14.8 Å². The molecule has 1 aliphatic heterocycles. The fraction of sp³-hybridized carbons (Fsp3) is 0.222. The van der Waals surface area contributed by atoms with E-state index in [0.29, 0.717) is 54.2 Å². The van der Waals surface area contributed by atoms with Crippen molar-refractivity contribution in [3.8, 4) is 23.0 Å². The fourth-order valence-electron chi connectivity index (χ4n) is 2.52. The second kappa shape index (κ2) is 7.22. The van der Waals surface area contributed by atoms with Gasteiger partial charge in [-0.05, 0) is 24.3 Å². The number of aromatic nitrogens is 3. The molecular weight excluding hydrogens is 336 g/mol. The Morgan fingerprint density at radius 2 is 2.00 bits per heavy atom. The fourth-order valence-corrected chi connectivity index (χ4v) is 2.52. The molecule has 3 heterocycles. The van der Waals surface area contributed by atoms with Gasteiger partial charge in [0.15, 0.2) is 11.5 Å². The summed E-state index contributed by atoms with van der Waals surface area (Å²) >= 11 is 0. The van der Waals surface area contributed by atoms with Crippen molar-refractivity contribution in [3.05, 3.63) is 48.5 Å². The molecule has 2 aromatic heterocycles. The molecule has 1 N–H and O–H groups in total. The van der Waals surface area contributed by atoms with Crippen molar-refractivity contribution in [2.75, 3.05) is 18.5 Å². The molecule has 0 aliphatic carbocycles. The number of hydrogen-bond acceptors (Lipinski definition) is 7. The molecule has 8 nitrogen and oxygen atoms in total. The lowest BCUT2D eigenvalue weighted by Gasteiger charge is -2.18. The third-order valence-corrected chi connectivity index (χ3v) is 3.75. The lowest BCUT2D eigenvalue weighted by atomic mass is 10.2. The second-order valence-corrected chi connectivity index (χ2v) is 5.63. The first-order valence-corrected chi connectivity index (χ1v) is 8.21. The van der Waals surface area contributed by atoms with Gasteiger partial charge in [0.25, 0.3) is 0 Å². The smallest absolute Gasteiger partial charge is 0.227 e. The molecular formula is C18H16N4O4. The number of pyridine rings is 1. The summed E-state index contributed by atoms with van der Waals surface area (Å²) in [6, 6.07) is 10.8. The highest BCUT2D eigenvalue weighted by Crippen LogP contribution is 2.32. The minimum Gasteiger partial charge on any atom is -0.486 e. The zero-order chi connectivity index (χ0) is 17.8. The third-order valence-electron chi connectivity index (χ3n) is 3.75. The first-order chi connectivity index (χ1) is 12.8. The van der Waals surface area contributed by atoms with Crippen LogP contribution in [0.5, 0.6) is 11.5 Å². The number of fused-ring (bicyclic) bond motifs is 1. The van der Waals surface area contributed by atoms with Gasteiger partial charge in [-0.2, -0.15) is 4.98 Å². The lowest BCUT2D eigenvalue weighted by Crippen LogP contribution is -2.16. The van der Waals surface area contributed by atoms with Crippen LogP contribution >= 0.6 is 0 Å². The third kappa shape index (κ3) is 3.64. The van der Waals surface area contributed by atoms with E-state index >= 15 is 0 Å². The number of rotatable bonds is 5. The molecule has 8 heteroatoms. The predicted octanol–water partition coefficient (Wildman–Crippen LogP) is 2.47. The van der Waals surface area contributed by atoms with Crippen LogP contribution in [-0.4, -0.2) is 34.2 Å². The molecule has 1 aromatic carbocycles. The summed E-state index contributed by atoms with van der Waals surface area (Å²) in [5.74, 6) is 1.96. The summed E-state index contributed by atoms with van der Waals surface area (Å²) in [5, 5.41) is 6.71. The van der Waals surface area contributed by atoms with Crippen LogP contribution in [0.15, 0.2) is 47.1 Å². The average Bonchev–Trinajstić information content (AvgIpc) is 3.16. The maximum atomic E-state index is 12.1. The molecule has 0 atom stereocenters. The number of aryl methyl sites for hydroxylation is 1. The number of nitrogens with zero attached hydrogens (tertiary/aromatic N) is 3. The monoisotopic (exact) mass is 352 g/mol. The van der Waals surface area contributed by atoms with Gasteiger partial charge in [-0.15, -0.1) is 0 Å². The first-order valence-electron chi connectivity index (χ1n) is 8.21. The summed E-state index contributed by atoms with van der Waals surface area (Å²) < 4.78 is 16.1. The highest BCUT2D eigenvalue weighted by Gasteiger charge is 2.14. The van der Waals surface area contributed by atoms with Gasteiger partial charge < -0.3 is 19.3 Å². The van der Waals surface area contributed by atoms with Crippen LogP contribution in [0, 0.1) is 0 Å². The Hall–Kier alpha value is -3.42. The summed E-state index contributed by atoms with van der Waals surface area (Å²) in [7, 11) is 0. The molecule has 0 unspecified atom stereocenters. The summed E-state index contributed by atoms with van der Waals surface area (Å²) in [6.07, 6.45) is 2.22. The largest absolute Gasteiger partial charge is 0.486 e. The second-order valence-electron chi connectivity index (χ2n) is 5.63. The topological polar surface area (TPSA) is 99.4 Å². The van der Waals surface area contributed by atoms with Crippen molar-refractivity contribution < 1.29 is 18.8 Å². The van der Waals surface area contributed by atoms with E-state index in [0.717, 1.165) is 0 Å². The van der Waals surface area contributed by atoms with Crippen molar-refractivity contribution in [3.63, 3.8) is 0 Å². The number of hydrogen-bond donors (Lipinski definition) is 1. The van der Waals surface area contributed by atoms with E-state index < -0.39 is 0 Å². The van der Waals surface area contributed by atoms with E-state index in [9.17, 15) is 4.79 Å². The van der Waals surface area contributed by atoms with Crippen LogP contribution in [0.2, 0.25) is 0 Å². The maximum absolute atomic E-state index is 12.1. The van der Waals surface area contributed by atoms with Crippen molar-refractivity contribution >= 4 is 11.6 Å². The first kappa shape index (κ1) is 16.1. The van der Waals surface area contributed by atoms with Gasteiger partial charge in [0.05, 0.1) is 0 Å². The molecule has 132 valence electrons. The number of ether oxygens (including phenoxy) is 2. The van der Waals surface area contributed by atoms with Crippen LogP contribution in [0.4, 0.5) is 5.69 Å². The van der Waals surface area contributed by atoms with Gasteiger partial charge in [-0.1, -0.05) is 11.2 Å². The van der Waals surface area contributed by atoms with E-state index in [1.807, 2.05) is 12.1 Å². The van der Waals surface area contributed by atoms with Gasteiger partial charge in [-0.25, -0.2) is 0 Å². The number of nitrogens with one attached hydrogen (secondary N) is 1. The van der Waals surface area contributed by atoms with Crippen molar-refractivity contribution in [2.45, 2.75) is 12.8 Å². The number of anilines is 1. The molecule has 0 bridgehead atoms. The normalized spacial score (nSPS) is 12.6. The van der Waals surface area contributed by atoms with Gasteiger partial charge in [0.2, 0.25) is 17.6 Å². The Bertz CT molecular complexity index is 911. The Kier molecular flexibility index (Phi) is 4.46. The van der Waals surface area contributed by atoms with Crippen molar-refractivity contribution in [1.82, 2.24) is 15.1 Å². The number of benzene rings is 1. The molecule has 0 saturated carbocycles. The highest BCUT2D eigenvalue weighted by atomic mass is 16.6. The quantitative estimate of drug-likeness (QED) is 0.753. The van der Waals surface area contributed by atoms with Crippen molar-refractivity contribution in [1.29, 1.82) is 0 Å². The molecule has 3 aromatic rings. The summed E-state index contributed by atoms with van der Waals surface area (Å²) in [6.45, 7) is 1.03. The van der Waals surface area contributed by atoms with Gasteiger partial charge >= 0.3 is 0 Å². The van der Waals surface area contributed by atoms with Crippen molar-refractivity contribution in [2.24, 2.45) is 0 Å². The lowest BCUT2D eigenvalue weighted by molar-refractivity contribution is -0.116. The minimum absolute atomic E-state index is 0.153. The predicted molar refractivity (Wildman–Crippen MR) is 91.9 cm³/mol. The van der Waals surface area contributed by atoms with E-state index in [4.69, 9.17) is 14.0 Å². The minimum atomic E-state index is -0.153. The Balaban J connectivity index is 1.34. The Morgan fingerprint density at radius 3 is 2.85 bits per heavy atom. The maximum Gasteiger partial charge on any atom is 0.227 e. The molecule has 26 heavy (non-hydrogen) atoms. The zero-order valence-electron chi connectivity index (χ0n) is 13.8. The average molecular weight is 352 g/mol. The SMILES string of the molecule is O=C(CCc1nc(-c2ccccn2)no1)Nc1ccc2c(c1)OCCO2. The van der Waals surface area contributed by atoms with Crippen LogP contribution in [0.3, 0.4) is 0 Å². The van der Waals surface area contributed by atoms with Crippen LogP contribution in [0.25, 0.3) is 11.5 Å². The Morgan fingerprint density at radius 1 is 1.12 bits per heavy atom. The standard InChI is InChI=1S/C18H16N4O4/c23-16(20-12-4-5-14-15(11-12)25-10-9-24-14)6-7-17-21-18(22-26-17)13-3-1-2-8-19-13/h1-5,8,11H,6-7,9-10H2,(H,20,23). The highest BCUT2D eigenvalue weighted by molar-refractivity contribution is 5.91. The van der Waals surface area contributed by atoms with E-state index in [-0.39, 0.29) is 12.3 Å². The van der Waals surface area contributed by atoms with Gasteiger partial charge in [0.1, 0.15) is 18.9 Å². The van der Waals surface area contributed by atoms with E-state index in [1.165, 1.54) is 0 Å². The van der Waals surface area contributed by atoms with E-state index in [1.54, 1.807) is 30.5 Å². The number of amides is 1. The molecule has 0 fully saturated rings. The molecule has 1 aliphatic rings. The van der Waals surface area contributed by atoms with Crippen LogP contribution in [0.1, 0.15) is 12.3 Å². The van der Waals surface area contributed by atoms with Gasteiger partial charge in [0, 0.05) is 30.8 Å². The number of carbonyl (C=O) groups excluding carboxylic acids is 1. The molecule has 0 radical (unpaired) electrons. The molecule has 0 saturated heterocycles. The molecule has 0 spiro atoms. The number of carbonyl (C=O) groups is 1. The zero-order valence-corrected chi connectivity index (χ0v) is 13.8. The summed E-state index contributed by atoms with van der Waals surface area (Å²) in [5.41, 5.74) is 1.28.